The van der Waals surface area contributed by atoms with Crippen molar-refractivity contribution < 1.29 is 9.59 Å². The number of rotatable bonds is 8. The van der Waals surface area contributed by atoms with E-state index in [0.717, 1.165) is 24.9 Å². The maximum absolute atomic E-state index is 12.3. The summed E-state index contributed by atoms with van der Waals surface area (Å²) in [4.78, 5) is 24.2. The van der Waals surface area contributed by atoms with Gasteiger partial charge in [-0.3, -0.25) is 9.59 Å². The van der Waals surface area contributed by atoms with E-state index in [9.17, 15) is 9.59 Å². The fourth-order valence-electron chi connectivity index (χ4n) is 2.06. The van der Waals surface area contributed by atoms with Crippen LogP contribution in [0.2, 0.25) is 0 Å². The van der Waals surface area contributed by atoms with E-state index in [2.05, 4.69) is 17.6 Å². The number of amides is 2. The third-order valence-electron chi connectivity index (χ3n) is 3.31. The van der Waals surface area contributed by atoms with Crippen LogP contribution in [0.5, 0.6) is 0 Å². The molecule has 0 unspecified atom stereocenters. The Morgan fingerprint density at radius 2 is 1.76 bits per heavy atom. The van der Waals surface area contributed by atoms with E-state index in [4.69, 9.17) is 0 Å². The first-order valence-electron chi connectivity index (χ1n) is 7.69. The van der Waals surface area contributed by atoms with E-state index in [-0.39, 0.29) is 17.7 Å². The molecule has 2 amide bonds. The van der Waals surface area contributed by atoms with Gasteiger partial charge in [-0.25, -0.2) is 0 Å². The van der Waals surface area contributed by atoms with Gasteiger partial charge >= 0.3 is 0 Å². The molecule has 0 spiro atoms. The Hall–Kier alpha value is -1.84. The van der Waals surface area contributed by atoms with Crippen molar-refractivity contribution in [3.05, 3.63) is 30.3 Å². The van der Waals surface area contributed by atoms with Gasteiger partial charge in [0.1, 0.15) is 6.04 Å². The number of para-hydroxylation sites is 1. The Morgan fingerprint density at radius 1 is 1.10 bits per heavy atom. The summed E-state index contributed by atoms with van der Waals surface area (Å²) in [6.45, 7) is 5.96. The minimum absolute atomic E-state index is 0.0452. The average Bonchev–Trinajstić information content (AvgIpc) is 2.45. The van der Waals surface area contributed by atoms with Crippen molar-refractivity contribution in [2.24, 2.45) is 5.92 Å². The third-order valence-corrected chi connectivity index (χ3v) is 3.31. The lowest BCUT2D eigenvalue weighted by Crippen LogP contribution is -2.47. The normalized spacial score (nSPS) is 12.0. The Kier molecular flexibility index (Phi) is 7.51. The quantitative estimate of drug-likeness (QED) is 0.721. The van der Waals surface area contributed by atoms with Crippen LogP contribution in [0.4, 0.5) is 5.69 Å². The summed E-state index contributed by atoms with van der Waals surface area (Å²) < 4.78 is 0. The lowest BCUT2D eigenvalue weighted by atomic mass is 10.0. The Morgan fingerprint density at radius 3 is 2.33 bits per heavy atom. The molecule has 1 aromatic rings. The van der Waals surface area contributed by atoms with Crippen LogP contribution in [0.25, 0.3) is 0 Å². The molecule has 0 fully saturated rings. The van der Waals surface area contributed by atoms with Crippen LogP contribution in [-0.2, 0) is 9.59 Å². The topological polar surface area (TPSA) is 58.2 Å². The minimum atomic E-state index is -0.501. The molecule has 4 heteroatoms. The van der Waals surface area contributed by atoms with E-state index in [1.54, 1.807) is 0 Å². The molecule has 0 saturated heterocycles. The van der Waals surface area contributed by atoms with Gasteiger partial charge in [0.05, 0.1) is 0 Å². The van der Waals surface area contributed by atoms with Gasteiger partial charge in [-0.1, -0.05) is 51.8 Å². The number of carbonyl (C=O) groups excluding carboxylic acids is 2. The zero-order valence-electron chi connectivity index (χ0n) is 13.2. The second-order valence-corrected chi connectivity index (χ2v) is 5.60. The molecular formula is C17H26N2O2. The molecule has 0 aliphatic carbocycles. The van der Waals surface area contributed by atoms with Gasteiger partial charge in [-0.15, -0.1) is 0 Å². The molecule has 0 bridgehead atoms. The lowest BCUT2D eigenvalue weighted by molar-refractivity contribution is -0.127. The molecule has 2 N–H and O–H groups in total. The molecular weight excluding hydrogens is 264 g/mol. The highest BCUT2D eigenvalue weighted by molar-refractivity contribution is 5.97. The number of nitrogens with one attached hydrogen (secondary N) is 2. The van der Waals surface area contributed by atoms with E-state index in [0.29, 0.717) is 6.42 Å². The first kappa shape index (κ1) is 17.2. The van der Waals surface area contributed by atoms with Crippen LogP contribution in [0.1, 0.15) is 46.5 Å². The summed E-state index contributed by atoms with van der Waals surface area (Å²) in [5.41, 5.74) is 0.744. The monoisotopic (exact) mass is 290 g/mol. The van der Waals surface area contributed by atoms with Crippen molar-refractivity contribution in [2.75, 3.05) is 5.32 Å². The Bertz CT molecular complexity index is 443. The first-order valence-corrected chi connectivity index (χ1v) is 7.69. The summed E-state index contributed by atoms with van der Waals surface area (Å²) in [5.74, 6) is -0.172. The van der Waals surface area contributed by atoms with E-state index in [1.165, 1.54) is 0 Å². The minimum Gasteiger partial charge on any atom is -0.344 e. The van der Waals surface area contributed by atoms with Crippen molar-refractivity contribution in [3.8, 4) is 0 Å². The van der Waals surface area contributed by atoms with Crippen LogP contribution >= 0.6 is 0 Å². The van der Waals surface area contributed by atoms with Gasteiger partial charge in [-0.05, 0) is 24.5 Å². The molecule has 0 aliphatic rings. The number of hydrogen-bond acceptors (Lipinski definition) is 2. The standard InChI is InChI=1S/C17H26N2O2/c1-4-5-7-12-15(20)19-16(13(2)3)17(21)18-14-10-8-6-9-11-14/h6,8-11,13,16H,4-5,7,12H2,1-3H3,(H,18,21)(H,19,20)/t16-/m0/s1. The number of anilines is 1. The Labute approximate surface area is 127 Å². The van der Waals surface area contributed by atoms with Crippen molar-refractivity contribution in [3.63, 3.8) is 0 Å². The molecule has 0 aromatic heterocycles. The summed E-state index contributed by atoms with van der Waals surface area (Å²) >= 11 is 0. The van der Waals surface area contributed by atoms with Crippen molar-refractivity contribution >= 4 is 17.5 Å². The maximum atomic E-state index is 12.3. The van der Waals surface area contributed by atoms with Gasteiger partial charge in [0.2, 0.25) is 11.8 Å². The fraction of sp³-hybridized carbons (Fsp3) is 0.529. The van der Waals surface area contributed by atoms with Crippen LogP contribution in [-0.4, -0.2) is 17.9 Å². The van der Waals surface area contributed by atoms with Crippen LogP contribution in [0, 0.1) is 5.92 Å². The highest BCUT2D eigenvalue weighted by atomic mass is 16.2. The van der Waals surface area contributed by atoms with Crippen molar-refractivity contribution in [1.29, 1.82) is 0 Å². The lowest BCUT2D eigenvalue weighted by Gasteiger charge is -2.21. The van der Waals surface area contributed by atoms with E-state index >= 15 is 0 Å². The van der Waals surface area contributed by atoms with Gasteiger partial charge < -0.3 is 10.6 Å². The van der Waals surface area contributed by atoms with E-state index in [1.807, 2.05) is 44.2 Å². The summed E-state index contributed by atoms with van der Waals surface area (Å²) in [6.07, 6.45) is 3.47. The van der Waals surface area contributed by atoms with E-state index < -0.39 is 6.04 Å². The molecule has 0 saturated carbocycles. The smallest absolute Gasteiger partial charge is 0.247 e. The molecule has 1 aromatic carbocycles. The second-order valence-electron chi connectivity index (χ2n) is 5.60. The number of benzene rings is 1. The van der Waals surface area contributed by atoms with Crippen LogP contribution < -0.4 is 10.6 Å². The largest absolute Gasteiger partial charge is 0.344 e. The zero-order chi connectivity index (χ0) is 15.7. The van der Waals surface area contributed by atoms with Crippen LogP contribution in [0.15, 0.2) is 30.3 Å². The number of unbranched alkanes of at least 4 members (excludes halogenated alkanes) is 2. The van der Waals surface area contributed by atoms with Crippen molar-refractivity contribution in [1.82, 2.24) is 5.32 Å². The SMILES string of the molecule is CCCCCC(=O)N[C@H](C(=O)Nc1ccccc1)C(C)C. The second kappa shape index (κ2) is 9.16. The molecule has 1 rings (SSSR count). The van der Waals surface area contributed by atoms with Crippen molar-refractivity contribution in [2.45, 2.75) is 52.5 Å². The highest BCUT2D eigenvalue weighted by Crippen LogP contribution is 2.10. The van der Waals surface area contributed by atoms with Gasteiger partial charge in [-0.2, -0.15) is 0 Å². The molecule has 0 radical (unpaired) electrons. The zero-order valence-corrected chi connectivity index (χ0v) is 13.2. The Balaban J connectivity index is 2.56. The fourth-order valence-corrected chi connectivity index (χ4v) is 2.06. The number of hydrogen-bond donors (Lipinski definition) is 2. The summed E-state index contributed by atoms with van der Waals surface area (Å²) in [7, 11) is 0. The molecule has 4 nitrogen and oxygen atoms in total. The summed E-state index contributed by atoms with van der Waals surface area (Å²) in [5, 5.41) is 5.69. The first-order chi connectivity index (χ1) is 10.0. The third kappa shape index (κ3) is 6.43. The predicted octanol–water partition coefficient (Wildman–Crippen LogP) is 3.35. The summed E-state index contributed by atoms with van der Waals surface area (Å²) in [6, 6.07) is 8.79. The van der Waals surface area contributed by atoms with Gasteiger partial charge in [0, 0.05) is 12.1 Å². The maximum Gasteiger partial charge on any atom is 0.247 e. The highest BCUT2D eigenvalue weighted by Gasteiger charge is 2.23. The molecule has 1 atom stereocenters. The van der Waals surface area contributed by atoms with Crippen LogP contribution in [0.3, 0.4) is 0 Å². The van der Waals surface area contributed by atoms with Gasteiger partial charge in [0.25, 0.3) is 0 Å². The number of carbonyl (C=O) groups is 2. The molecule has 0 aliphatic heterocycles. The van der Waals surface area contributed by atoms with Gasteiger partial charge in [0.15, 0.2) is 0 Å². The molecule has 116 valence electrons. The molecule has 0 heterocycles. The average molecular weight is 290 g/mol. The molecule has 21 heavy (non-hydrogen) atoms. The predicted molar refractivity (Wildman–Crippen MR) is 86.0 cm³/mol.